The average Bonchev–Trinajstić information content (AvgIpc) is 2.28. The van der Waals surface area contributed by atoms with Crippen molar-refractivity contribution >= 4 is 22.4 Å². The van der Waals surface area contributed by atoms with Crippen LogP contribution >= 0.6 is 11.6 Å². The summed E-state index contributed by atoms with van der Waals surface area (Å²) in [5.74, 6) is 0. The van der Waals surface area contributed by atoms with E-state index in [1.54, 1.807) is 24.3 Å². The number of alkyl halides is 2. The van der Waals surface area contributed by atoms with Crippen LogP contribution in [-0.2, 0) is 0 Å². The molecule has 0 amide bonds. The van der Waals surface area contributed by atoms with Gasteiger partial charge in [0, 0.05) is 5.39 Å². The van der Waals surface area contributed by atoms with Gasteiger partial charge in [0.25, 0.3) is 6.43 Å². The molecular formula is C11H8ClF2NO. The number of rotatable bonds is 2. The van der Waals surface area contributed by atoms with E-state index in [2.05, 4.69) is 4.98 Å². The molecule has 1 aromatic carbocycles. The minimum atomic E-state index is -2.87. The van der Waals surface area contributed by atoms with Gasteiger partial charge < -0.3 is 5.11 Å². The van der Waals surface area contributed by atoms with Gasteiger partial charge in [0.2, 0.25) is 0 Å². The number of aliphatic hydroxyl groups excluding tert-OH is 1. The third kappa shape index (κ3) is 1.99. The molecule has 0 aliphatic heterocycles. The molecule has 0 saturated heterocycles. The highest BCUT2D eigenvalue weighted by atomic mass is 35.5. The van der Waals surface area contributed by atoms with Crippen molar-refractivity contribution < 1.29 is 13.9 Å². The zero-order valence-corrected chi connectivity index (χ0v) is 8.83. The van der Waals surface area contributed by atoms with Crippen LogP contribution in [0, 0.1) is 0 Å². The molecule has 0 saturated carbocycles. The van der Waals surface area contributed by atoms with E-state index in [1.165, 1.54) is 6.07 Å². The highest BCUT2D eigenvalue weighted by Gasteiger charge is 2.21. The van der Waals surface area contributed by atoms with Crippen molar-refractivity contribution in [1.82, 2.24) is 4.98 Å². The van der Waals surface area contributed by atoms with Gasteiger partial charge in [0.1, 0.15) is 5.15 Å². The number of hydrogen-bond donors (Lipinski definition) is 1. The van der Waals surface area contributed by atoms with Crippen molar-refractivity contribution in [1.29, 1.82) is 0 Å². The Morgan fingerprint density at radius 1 is 1.25 bits per heavy atom. The molecule has 1 unspecified atom stereocenters. The van der Waals surface area contributed by atoms with E-state index in [9.17, 15) is 13.9 Å². The van der Waals surface area contributed by atoms with Crippen LogP contribution < -0.4 is 0 Å². The minimum Gasteiger partial charge on any atom is -0.381 e. The Morgan fingerprint density at radius 3 is 2.62 bits per heavy atom. The van der Waals surface area contributed by atoms with E-state index in [-0.39, 0.29) is 10.8 Å². The van der Waals surface area contributed by atoms with Gasteiger partial charge in [-0.25, -0.2) is 13.8 Å². The van der Waals surface area contributed by atoms with Crippen molar-refractivity contribution in [2.75, 3.05) is 0 Å². The molecule has 2 nitrogen and oxygen atoms in total. The van der Waals surface area contributed by atoms with Crippen molar-refractivity contribution in [3.8, 4) is 0 Å². The molecule has 0 aliphatic rings. The maximum absolute atomic E-state index is 12.3. The highest BCUT2D eigenvalue weighted by Crippen LogP contribution is 2.27. The molecule has 0 aliphatic carbocycles. The molecule has 1 N–H and O–H groups in total. The summed E-state index contributed by atoms with van der Waals surface area (Å²) in [7, 11) is 0. The third-order valence-electron chi connectivity index (χ3n) is 2.26. The van der Waals surface area contributed by atoms with Gasteiger partial charge >= 0.3 is 0 Å². The van der Waals surface area contributed by atoms with E-state index in [0.717, 1.165) is 0 Å². The van der Waals surface area contributed by atoms with Crippen molar-refractivity contribution in [2.24, 2.45) is 0 Å². The Labute approximate surface area is 95.5 Å². The van der Waals surface area contributed by atoms with Crippen molar-refractivity contribution in [3.63, 3.8) is 0 Å². The molecule has 0 fully saturated rings. The van der Waals surface area contributed by atoms with Gasteiger partial charge in [0.05, 0.1) is 5.69 Å². The fraction of sp³-hybridized carbons (Fsp3) is 0.182. The molecule has 1 atom stereocenters. The first-order chi connectivity index (χ1) is 7.59. The summed E-state index contributed by atoms with van der Waals surface area (Å²) >= 11 is 5.84. The Balaban J connectivity index is 2.58. The molecule has 0 spiro atoms. The number of halogens is 3. The van der Waals surface area contributed by atoms with Gasteiger partial charge in [-0.15, -0.1) is 0 Å². The largest absolute Gasteiger partial charge is 0.381 e. The number of aromatic nitrogens is 1. The topological polar surface area (TPSA) is 33.1 Å². The fourth-order valence-electron chi connectivity index (χ4n) is 1.46. The van der Waals surface area contributed by atoms with Crippen LogP contribution in [0.3, 0.4) is 0 Å². The van der Waals surface area contributed by atoms with E-state index in [4.69, 9.17) is 11.6 Å². The normalized spacial score (nSPS) is 13.3. The second-order valence-electron chi connectivity index (χ2n) is 3.34. The van der Waals surface area contributed by atoms with Crippen LogP contribution in [0.15, 0.2) is 30.3 Å². The average molecular weight is 244 g/mol. The van der Waals surface area contributed by atoms with E-state index >= 15 is 0 Å². The molecular weight excluding hydrogens is 236 g/mol. The summed E-state index contributed by atoms with van der Waals surface area (Å²) in [4.78, 5) is 3.76. The number of aliphatic hydroxyl groups is 1. The van der Waals surface area contributed by atoms with Crippen LogP contribution in [0.2, 0.25) is 5.15 Å². The number of fused-ring (bicyclic) bond motifs is 1. The van der Waals surface area contributed by atoms with E-state index in [0.29, 0.717) is 10.8 Å². The second kappa shape index (κ2) is 4.31. The Bertz CT molecular complexity index is 518. The fourth-order valence-corrected chi connectivity index (χ4v) is 1.73. The number of pyridine rings is 1. The zero-order chi connectivity index (χ0) is 11.7. The lowest BCUT2D eigenvalue weighted by atomic mass is 10.1. The van der Waals surface area contributed by atoms with Crippen LogP contribution in [0.5, 0.6) is 0 Å². The number of hydrogen-bond acceptors (Lipinski definition) is 2. The lowest BCUT2D eigenvalue weighted by Gasteiger charge is -2.10. The first-order valence-electron chi connectivity index (χ1n) is 4.61. The molecule has 84 valence electrons. The molecule has 2 rings (SSSR count). The second-order valence-corrected chi connectivity index (χ2v) is 3.70. The maximum Gasteiger partial charge on any atom is 0.269 e. The van der Waals surface area contributed by atoms with Crippen LogP contribution in [0.1, 0.15) is 11.8 Å². The SMILES string of the molecule is OC(c1cc2ccccc2c(Cl)n1)C(F)F. The summed E-state index contributed by atoms with van der Waals surface area (Å²) in [6.45, 7) is 0. The van der Waals surface area contributed by atoms with Crippen LogP contribution in [0.25, 0.3) is 10.8 Å². The predicted molar refractivity (Wildman–Crippen MR) is 57.7 cm³/mol. The van der Waals surface area contributed by atoms with Gasteiger partial charge in [-0.3, -0.25) is 0 Å². The molecule has 0 radical (unpaired) electrons. The number of benzene rings is 1. The molecule has 5 heteroatoms. The Hall–Kier alpha value is -1.26. The monoisotopic (exact) mass is 243 g/mol. The Kier molecular flexibility index (Phi) is 3.03. The maximum atomic E-state index is 12.3. The first kappa shape index (κ1) is 11.2. The van der Waals surface area contributed by atoms with Crippen molar-refractivity contribution in [3.05, 3.63) is 41.2 Å². The lowest BCUT2D eigenvalue weighted by Crippen LogP contribution is -2.10. The summed E-state index contributed by atoms with van der Waals surface area (Å²) in [6.07, 6.45) is -4.77. The van der Waals surface area contributed by atoms with Gasteiger partial charge in [-0.2, -0.15) is 0 Å². The molecule has 1 heterocycles. The summed E-state index contributed by atoms with van der Waals surface area (Å²) in [5.41, 5.74) is -0.112. The summed E-state index contributed by atoms with van der Waals surface area (Å²) in [5, 5.41) is 10.7. The third-order valence-corrected chi connectivity index (χ3v) is 2.54. The van der Waals surface area contributed by atoms with Crippen molar-refractivity contribution in [2.45, 2.75) is 12.5 Å². The summed E-state index contributed by atoms with van der Waals surface area (Å²) in [6, 6.07) is 8.42. The zero-order valence-electron chi connectivity index (χ0n) is 8.07. The number of nitrogens with zero attached hydrogens (tertiary/aromatic N) is 1. The molecule has 16 heavy (non-hydrogen) atoms. The van der Waals surface area contributed by atoms with Crippen LogP contribution in [-0.4, -0.2) is 16.5 Å². The first-order valence-corrected chi connectivity index (χ1v) is 4.99. The molecule has 1 aromatic heterocycles. The predicted octanol–water partition coefficient (Wildman–Crippen LogP) is 3.19. The standard InChI is InChI=1S/C11H8ClF2NO/c12-10-7-4-2-1-3-6(7)5-8(15-10)9(16)11(13)14/h1-5,9,11,16H. The van der Waals surface area contributed by atoms with E-state index < -0.39 is 12.5 Å². The van der Waals surface area contributed by atoms with E-state index in [1.807, 2.05) is 0 Å². The summed E-state index contributed by atoms with van der Waals surface area (Å²) < 4.78 is 24.6. The van der Waals surface area contributed by atoms with Gasteiger partial charge in [0.15, 0.2) is 6.10 Å². The molecule has 2 aromatic rings. The quantitative estimate of drug-likeness (QED) is 0.822. The molecule has 0 bridgehead atoms. The lowest BCUT2D eigenvalue weighted by molar-refractivity contribution is -0.00809. The minimum absolute atomic E-state index is 0.112. The van der Waals surface area contributed by atoms with Gasteiger partial charge in [-0.05, 0) is 11.5 Å². The highest BCUT2D eigenvalue weighted by molar-refractivity contribution is 6.34. The van der Waals surface area contributed by atoms with Gasteiger partial charge in [-0.1, -0.05) is 35.9 Å². The smallest absolute Gasteiger partial charge is 0.269 e. The Morgan fingerprint density at radius 2 is 1.94 bits per heavy atom. The van der Waals surface area contributed by atoms with Crippen LogP contribution in [0.4, 0.5) is 8.78 Å².